The zero-order valence-electron chi connectivity index (χ0n) is 31.6. The number of ether oxygens (including phenoxy) is 2. The topological polar surface area (TPSA) is 189 Å². The molecule has 9 atom stereocenters. The summed E-state index contributed by atoms with van der Waals surface area (Å²) in [5, 5.41) is 75.1. The van der Waals surface area contributed by atoms with Crippen LogP contribution >= 0.6 is 0 Å². The molecule has 8 N–H and O–H groups in total. The van der Waals surface area contributed by atoms with Gasteiger partial charge in [0.25, 0.3) is 0 Å². The Bertz CT molecular complexity index is 929. The fourth-order valence-electron chi connectivity index (χ4n) is 5.96. The van der Waals surface area contributed by atoms with Gasteiger partial charge in [-0.1, -0.05) is 108 Å². The first-order chi connectivity index (χ1) is 24.7. The van der Waals surface area contributed by atoms with Crippen molar-refractivity contribution < 1.29 is 50.0 Å². The van der Waals surface area contributed by atoms with E-state index in [1.165, 1.54) is 44.9 Å². The number of hydrogen-bond donors (Lipinski definition) is 8. The quantitative estimate of drug-likeness (QED) is 0.0361. The summed E-state index contributed by atoms with van der Waals surface area (Å²) in [4.78, 5) is 12.9. The van der Waals surface area contributed by atoms with E-state index in [1.54, 1.807) is 0 Å². The number of rotatable bonds is 31. The van der Waals surface area contributed by atoms with E-state index in [4.69, 9.17) is 9.47 Å². The lowest BCUT2D eigenvalue weighted by Crippen LogP contribution is -2.60. The van der Waals surface area contributed by atoms with Gasteiger partial charge >= 0.3 is 0 Å². The largest absolute Gasteiger partial charge is 0.394 e. The minimum atomic E-state index is -1.67. The molecule has 11 nitrogen and oxygen atoms in total. The smallest absolute Gasteiger partial charge is 0.249 e. The predicted octanol–water partition coefficient (Wildman–Crippen LogP) is 4.88. The van der Waals surface area contributed by atoms with Crippen molar-refractivity contribution in [2.45, 2.75) is 197 Å². The van der Waals surface area contributed by atoms with Gasteiger partial charge in [0, 0.05) is 0 Å². The van der Waals surface area contributed by atoms with Gasteiger partial charge in [-0.3, -0.25) is 4.79 Å². The minimum Gasteiger partial charge on any atom is -0.394 e. The molecule has 9 unspecified atom stereocenters. The van der Waals surface area contributed by atoms with Crippen LogP contribution in [0.4, 0.5) is 0 Å². The summed E-state index contributed by atoms with van der Waals surface area (Å²) in [7, 11) is 0. The van der Waals surface area contributed by atoms with Crippen LogP contribution in [0.2, 0.25) is 0 Å². The number of allylic oxidation sites excluding steroid dienone is 6. The van der Waals surface area contributed by atoms with Crippen LogP contribution in [0.25, 0.3) is 0 Å². The van der Waals surface area contributed by atoms with E-state index >= 15 is 0 Å². The molecule has 1 heterocycles. The SMILES string of the molecule is CCCC/C=C\CCCCCC(O)C(=O)NC(COC1OC(CO)C(O)C(O)C1O)C(O)C(O)CCC/C=C/CC/C=C/CCCCCCCC. The maximum atomic E-state index is 12.9. The molecule has 0 aliphatic carbocycles. The molecule has 1 amide bonds. The van der Waals surface area contributed by atoms with E-state index in [2.05, 4.69) is 55.6 Å². The van der Waals surface area contributed by atoms with Gasteiger partial charge in [0.2, 0.25) is 5.91 Å². The van der Waals surface area contributed by atoms with Crippen LogP contribution in [0.1, 0.15) is 142 Å². The third-order valence-corrected chi connectivity index (χ3v) is 9.39. The lowest BCUT2D eigenvalue weighted by Gasteiger charge is -2.40. The zero-order chi connectivity index (χ0) is 37.7. The summed E-state index contributed by atoms with van der Waals surface area (Å²) < 4.78 is 11.0. The second kappa shape index (κ2) is 30.8. The monoisotopic (exact) mass is 728 g/mol. The fraction of sp³-hybridized carbons (Fsp3) is 0.825. The van der Waals surface area contributed by atoms with Gasteiger partial charge in [-0.05, 0) is 70.6 Å². The van der Waals surface area contributed by atoms with Gasteiger partial charge in [0.1, 0.15) is 36.6 Å². The zero-order valence-corrected chi connectivity index (χ0v) is 31.6. The first kappa shape index (κ1) is 47.4. The first-order valence-electron chi connectivity index (χ1n) is 19.9. The van der Waals surface area contributed by atoms with E-state index in [1.807, 2.05) is 0 Å². The van der Waals surface area contributed by atoms with Crippen LogP contribution in [0.15, 0.2) is 36.5 Å². The number of nitrogens with one attached hydrogen (secondary N) is 1. The maximum absolute atomic E-state index is 12.9. The number of aliphatic hydroxyl groups excluding tert-OH is 7. The molecule has 298 valence electrons. The van der Waals surface area contributed by atoms with Gasteiger partial charge in [-0.25, -0.2) is 0 Å². The van der Waals surface area contributed by atoms with Gasteiger partial charge in [-0.15, -0.1) is 0 Å². The number of unbranched alkanes of at least 4 members (excludes halogenated alkanes) is 13. The average molecular weight is 728 g/mol. The minimum absolute atomic E-state index is 0.228. The number of carbonyl (C=O) groups is 1. The van der Waals surface area contributed by atoms with Crippen LogP contribution in [-0.2, 0) is 14.3 Å². The van der Waals surface area contributed by atoms with E-state index in [-0.39, 0.29) is 12.8 Å². The summed E-state index contributed by atoms with van der Waals surface area (Å²) in [5.41, 5.74) is 0. The van der Waals surface area contributed by atoms with E-state index in [0.29, 0.717) is 19.3 Å². The van der Waals surface area contributed by atoms with Crippen LogP contribution in [0.5, 0.6) is 0 Å². The van der Waals surface area contributed by atoms with Crippen molar-refractivity contribution in [3.05, 3.63) is 36.5 Å². The van der Waals surface area contributed by atoms with Crippen molar-refractivity contribution in [1.29, 1.82) is 0 Å². The van der Waals surface area contributed by atoms with Crippen molar-refractivity contribution in [2.75, 3.05) is 13.2 Å². The lowest BCUT2D eigenvalue weighted by atomic mass is 9.98. The summed E-state index contributed by atoms with van der Waals surface area (Å²) in [6.07, 6.45) is 20.8. The summed E-state index contributed by atoms with van der Waals surface area (Å²) in [6.45, 7) is 3.30. The molecule has 1 saturated heterocycles. The normalized spacial score (nSPS) is 23.7. The second-order valence-electron chi connectivity index (χ2n) is 14.0. The third kappa shape index (κ3) is 21.6. The Hall–Kier alpha value is -1.67. The maximum Gasteiger partial charge on any atom is 0.249 e. The Kier molecular flexibility index (Phi) is 28.6. The Morgan fingerprint density at radius 1 is 0.667 bits per heavy atom. The van der Waals surface area contributed by atoms with Gasteiger partial charge in [0.05, 0.1) is 25.4 Å². The van der Waals surface area contributed by atoms with Crippen molar-refractivity contribution in [2.24, 2.45) is 0 Å². The molecule has 0 saturated carbocycles. The molecule has 0 aromatic heterocycles. The van der Waals surface area contributed by atoms with Crippen molar-refractivity contribution >= 4 is 5.91 Å². The molecule has 1 rings (SSSR count). The predicted molar refractivity (Wildman–Crippen MR) is 201 cm³/mol. The standard InChI is InChI=1S/C40H73NO10/c1-3-5-7-9-11-13-14-15-16-17-18-20-21-23-25-27-32(43)35(45)31(30-50-40-38(48)37(47)36(46)34(29-42)51-40)41-39(49)33(44)28-26-24-22-19-12-10-8-6-4-2/h10,12,15-16,20-21,31-38,40,42-48H,3-9,11,13-14,17-19,22-30H2,1-2H3,(H,41,49)/b12-10-,16-15+,21-20+. The van der Waals surface area contributed by atoms with Gasteiger partial charge in [-0.2, -0.15) is 0 Å². The van der Waals surface area contributed by atoms with Gasteiger partial charge in [0.15, 0.2) is 6.29 Å². The Morgan fingerprint density at radius 2 is 1.20 bits per heavy atom. The van der Waals surface area contributed by atoms with Crippen LogP contribution in [-0.4, -0.2) is 110 Å². The average Bonchev–Trinajstić information content (AvgIpc) is 3.13. The molecule has 0 radical (unpaired) electrons. The molecule has 51 heavy (non-hydrogen) atoms. The van der Waals surface area contributed by atoms with Gasteiger partial charge < -0.3 is 50.5 Å². The van der Waals surface area contributed by atoms with Crippen LogP contribution in [0, 0.1) is 0 Å². The molecule has 0 aromatic rings. The highest BCUT2D eigenvalue weighted by Gasteiger charge is 2.44. The highest BCUT2D eigenvalue weighted by Crippen LogP contribution is 2.23. The summed E-state index contributed by atoms with van der Waals surface area (Å²) >= 11 is 0. The molecule has 0 bridgehead atoms. The Morgan fingerprint density at radius 3 is 1.80 bits per heavy atom. The Labute approximate surface area is 307 Å². The van der Waals surface area contributed by atoms with Crippen molar-refractivity contribution in [1.82, 2.24) is 5.32 Å². The van der Waals surface area contributed by atoms with E-state index < -0.39 is 74.2 Å². The third-order valence-electron chi connectivity index (χ3n) is 9.39. The van der Waals surface area contributed by atoms with E-state index in [0.717, 1.165) is 51.4 Å². The first-order valence-corrected chi connectivity index (χ1v) is 19.9. The van der Waals surface area contributed by atoms with E-state index in [9.17, 15) is 40.5 Å². The molecular formula is C40H73NO10. The highest BCUT2D eigenvalue weighted by atomic mass is 16.7. The highest BCUT2D eigenvalue weighted by molar-refractivity contribution is 5.80. The molecule has 1 aliphatic heterocycles. The number of hydrogen-bond acceptors (Lipinski definition) is 10. The van der Waals surface area contributed by atoms with Crippen LogP contribution < -0.4 is 5.32 Å². The van der Waals surface area contributed by atoms with Crippen molar-refractivity contribution in [3.8, 4) is 0 Å². The lowest BCUT2D eigenvalue weighted by molar-refractivity contribution is -0.303. The molecule has 11 heteroatoms. The molecule has 1 fully saturated rings. The van der Waals surface area contributed by atoms with Crippen molar-refractivity contribution in [3.63, 3.8) is 0 Å². The number of amides is 1. The summed E-state index contributed by atoms with van der Waals surface area (Å²) in [6, 6.07) is -1.19. The molecule has 1 aliphatic rings. The molecule has 0 spiro atoms. The van der Waals surface area contributed by atoms with Crippen LogP contribution in [0.3, 0.4) is 0 Å². The Balaban J connectivity index is 2.60. The molecular weight excluding hydrogens is 654 g/mol. The summed E-state index contributed by atoms with van der Waals surface area (Å²) in [5.74, 6) is -0.730. The molecule has 0 aromatic carbocycles. The second-order valence-corrected chi connectivity index (χ2v) is 14.0. The fourth-order valence-corrected chi connectivity index (χ4v) is 5.96. The number of aliphatic hydroxyl groups is 7. The number of carbonyl (C=O) groups excluding carboxylic acids is 1.